The smallest absolute Gasteiger partial charge is 0.462 e. The van der Waals surface area contributed by atoms with E-state index in [-0.39, 0.29) is 25.7 Å². The fraction of sp³-hybridized carbons (Fsp3) is 0.899. The van der Waals surface area contributed by atoms with Gasteiger partial charge in [-0.3, -0.25) is 37.3 Å². The van der Waals surface area contributed by atoms with E-state index in [4.69, 9.17) is 37.0 Å². The molecule has 0 fully saturated rings. The third kappa shape index (κ3) is 71.9. The van der Waals surface area contributed by atoms with Crippen molar-refractivity contribution in [1.82, 2.24) is 0 Å². The maximum absolute atomic E-state index is 13.1. The highest BCUT2D eigenvalue weighted by atomic mass is 31.2. The van der Waals surface area contributed by atoms with Crippen molar-refractivity contribution < 1.29 is 80.2 Å². The molecule has 98 heavy (non-hydrogen) atoms. The standard InChI is InChI=1S/C79H150O17P2/c1-5-9-13-17-21-25-29-33-36-40-44-48-52-56-60-64-77(82)90-70-75(96-79(84)66-62-58-54-50-46-42-38-35-31-27-23-19-15-11-7-3)72-94-98(87,88)92-68-73(80)67-91-97(85,86)93-71-74(69-89-76(81)63-59-55-51-47-43-39-32-28-24-20-16-12-8-4)95-78(83)65-61-57-53-49-45-41-37-34-30-26-22-18-14-10-6-2/h26,28,30,32,73-75,80H,5-25,27,29,31,33-72H2,1-4H3,(H,85,86)(H,87,88)/b30-26-,32-28-/t73-,74-,75-/m1/s1. The lowest BCUT2D eigenvalue weighted by molar-refractivity contribution is -0.161. The van der Waals surface area contributed by atoms with Gasteiger partial charge in [0, 0.05) is 25.7 Å². The van der Waals surface area contributed by atoms with Crippen LogP contribution in [0.2, 0.25) is 0 Å². The molecule has 0 spiro atoms. The van der Waals surface area contributed by atoms with Crippen molar-refractivity contribution in [2.45, 2.75) is 418 Å². The van der Waals surface area contributed by atoms with Gasteiger partial charge in [0.05, 0.1) is 26.4 Å². The van der Waals surface area contributed by atoms with E-state index in [0.717, 1.165) is 135 Å². The number of rotatable bonds is 78. The fourth-order valence-corrected chi connectivity index (χ4v) is 13.3. The van der Waals surface area contributed by atoms with E-state index in [1.807, 2.05) is 0 Å². The summed E-state index contributed by atoms with van der Waals surface area (Å²) in [5.41, 5.74) is 0. The lowest BCUT2D eigenvalue weighted by atomic mass is 10.0. The Balaban J connectivity index is 5.29. The Hall–Kier alpha value is -2.46. The molecule has 0 saturated heterocycles. The normalized spacial score (nSPS) is 14.0. The number of ether oxygens (including phenoxy) is 4. The minimum Gasteiger partial charge on any atom is -0.462 e. The molecule has 0 aromatic rings. The summed E-state index contributed by atoms with van der Waals surface area (Å²) in [6.07, 6.45) is 67.2. The highest BCUT2D eigenvalue weighted by Gasteiger charge is 2.30. The lowest BCUT2D eigenvalue weighted by Crippen LogP contribution is -2.30. The van der Waals surface area contributed by atoms with Gasteiger partial charge in [0.15, 0.2) is 12.2 Å². The number of phosphoric acid groups is 2. The molecule has 578 valence electrons. The predicted molar refractivity (Wildman–Crippen MR) is 400 cm³/mol. The number of carbonyl (C=O) groups excluding carboxylic acids is 4. The summed E-state index contributed by atoms with van der Waals surface area (Å²) in [5, 5.41) is 10.6. The van der Waals surface area contributed by atoms with E-state index in [0.29, 0.717) is 25.7 Å². The average molecular weight is 1430 g/mol. The first kappa shape index (κ1) is 95.5. The van der Waals surface area contributed by atoms with Crippen LogP contribution in [0.4, 0.5) is 0 Å². The van der Waals surface area contributed by atoms with Crippen molar-refractivity contribution in [3.63, 3.8) is 0 Å². The number of aliphatic hydroxyl groups is 1. The molecule has 0 aromatic carbocycles. The van der Waals surface area contributed by atoms with E-state index in [9.17, 15) is 43.2 Å². The SMILES string of the molecule is CCCCCC/C=C\CCCCCCCCCC(=O)O[C@H](COC(=O)CCCCCCC/C=C\CCCCCC)COP(=O)(O)OC[C@@H](O)COP(=O)(O)OC[C@@H](COC(=O)CCCCCCCCCCCCCCCCC)OC(=O)CCCCCCCCCCCCCCCCC. The summed E-state index contributed by atoms with van der Waals surface area (Å²) in [4.78, 5) is 73.0. The van der Waals surface area contributed by atoms with Crippen molar-refractivity contribution in [1.29, 1.82) is 0 Å². The molecule has 0 aromatic heterocycles. The van der Waals surface area contributed by atoms with Crippen LogP contribution >= 0.6 is 15.6 Å². The van der Waals surface area contributed by atoms with E-state index in [1.54, 1.807) is 0 Å². The number of allylic oxidation sites excluding steroid dienone is 4. The summed E-state index contributed by atoms with van der Waals surface area (Å²) >= 11 is 0. The Morgan fingerprint density at radius 2 is 0.469 bits per heavy atom. The first-order valence-corrected chi connectivity index (χ1v) is 43.6. The molecule has 0 aliphatic carbocycles. The Labute approximate surface area is 599 Å². The van der Waals surface area contributed by atoms with Gasteiger partial charge in [0.25, 0.3) is 0 Å². The Bertz CT molecular complexity index is 1950. The topological polar surface area (TPSA) is 237 Å². The second-order valence-corrected chi connectivity index (χ2v) is 30.6. The quantitative estimate of drug-likeness (QED) is 0.0169. The van der Waals surface area contributed by atoms with Crippen LogP contribution in [0.3, 0.4) is 0 Å². The van der Waals surface area contributed by atoms with Crippen molar-refractivity contribution >= 4 is 39.5 Å². The zero-order valence-corrected chi connectivity index (χ0v) is 65.0. The first-order valence-electron chi connectivity index (χ1n) is 40.6. The van der Waals surface area contributed by atoms with Gasteiger partial charge in [-0.1, -0.05) is 322 Å². The maximum atomic E-state index is 13.1. The number of unbranched alkanes of at least 4 members (excludes halogenated alkanes) is 48. The molecule has 0 saturated carbocycles. The monoisotopic (exact) mass is 1430 g/mol. The first-order chi connectivity index (χ1) is 47.7. The number of carbonyl (C=O) groups is 4. The van der Waals surface area contributed by atoms with Gasteiger partial charge in [-0.05, 0) is 77.0 Å². The van der Waals surface area contributed by atoms with Crippen LogP contribution in [0.5, 0.6) is 0 Å². The molecule has 0 amide bonds. The fourth-order valence-electron chi connectivity index (χ4n) is 11.7. The van der Waals surface area contributed by atoms with Gasteiger partial charge in [-0.25, -0.2) is 9.13 Å². The summed E-state index contributed by atoms with van der Waals surface area (Å²) in [6.45, 7) is 4.95. The average Bonchev–Trinajstić information content (AvgIpc) is 1.05. The van der Waals surface area contributed by atoms with Gasteiger partial charge in [0.1, 0.15) is 19.3 Å². The van der Waals surface area contributed by atoms with E-state index >= 15 is 0 Å². The molecule has 0 aliphatic rings. The highest BCUT2D eigenvalue weighted by Crippen LogP contribution is 2.45. The van der Waals surface area contributed by atoms with E-state index in [2.05, 4.69) is 52.0 Å². The molecule has 0 heterocycles. The molecule has 0 aliphatic heterocycles. The van der Waals surface area contributed by atoms with Gasteiger partial charge in [-0.15, -0.1) is 0 Å². The Morgan fingerprint density at radius 1 is 0.276 bits per heavy atom. The number of hydrogen-bond donors (Lipinski definition) is 3. The molecule has 2 unspecified atom stereocenters. The van der Waals surface area contributed by atoms with Crippen LogP contribution in [-0.2, 0) is 65.4 Å². The lowest BCUT2D eigenvalue weighted by Gasteiger charge is -2.21. The van der Waals surface area contributed by atoms with Crippen molar-refractivity contribution in [2.75, 3.05) is 39.6 Å². The molecule has 5 atom stereocenters. The van der Waals surface area contributed by atoms with Crippen LogP contribution in [0.25, 0.3) is 0 Å². The molecule has 17 nitrogen and oxygen atoms in total. The summed E-state index contributed by atoms with van der Waals surface area (Å²) in [6, 6.07) is 0. The zero-order valence-electron chi connectivity index (χ0n) is 63.2. The van der Waals surface area contributed by atoms with Crippen molar-refractivity contribution in [2.24, 2.45) is 0 Å². The minimum absolute atomic E-state index is 0.0958. The van der Waals surface area contributed by atoms with E-state index in [1.165, 1.54) is 186 Å². The second-order valence-electron chi connectivity index (χ2n) is 27.7. The summed E-state index contributed by atoms with van der Waals surface area (Å²) in [7, 11) is -9.93. The Morgan fingerprint density at radius 3 is 0.714 bits per heavy atom. The third-order valence-electron chi connectivity index (χ3n) is 17.9. The summed E-state index contributed by atoms with van der Waals surface area (Å²) < 4.78 is 68.6. The van der Waals surface area contributed by atoms with E-state index < -0.39 is 97.5 Å². The largest absolute Gasteiger partial charge is 0.472 e. The van der Waals surface area contributed by atoms with Crippen LogP contribution in [-0.4, -0.2) is 96.7 Å². The van der Waals surface area contributed by atoms with Crippen LogP contribution in [0.15, 0.2) is 24.3 Å². The van der Waals surface area contributed by atoms with Crippen LogP contribution < -0.4 is 0 Å². The Kier molecular flexibility index (Phi) is 71.0. The zero-order chi connectivity index (χ0) is 71.8. The highest BCUT2D eigenvalue weighted by molar-refractivity contribution is 7.47. The molecule has 0 radical (unpaired) electrons. The van der Waals surface area contributed by atoms with Gasteiger partial charge < -0.3 is 33.8 Å². The minimum atomic E-state index is -4.96. The van der Waals surface area contributed by atoms with Crippen molar-refractivity contribution in [3.8, 4) is 0 Å². The van der Waals surface area contributed by atoms with Gasteiger partial charge >= 0.3 is 39.5 Å². The molecule has 0 bridgehead atoms. The molecular weight excluding hydrogens is 1280 g/mol. The third-order valence-corrected chi connectivity index (χ3v) is 19.8. The number of hydrogen-bond acceptors (Lipinski definition) is 15. The predicted octanol–water partition coefficient (Wildman–Crippen LogP) is 23.3. The van der Waals surface area contributed by atoms with Crippen LogP contribution in [0, 0.1) is 0 Å². The molecular formula is C79H150O17P2. The molecule has 3 N–H and O–H groups in total. The van der Waals surface area contributed by atoms with Gasteiger partial charge in [0.2, 0.25) is 0 Å². The second kappa shape index (κ2) is 72.9. The van der Waals surface area contributed by atoms with Gasteiger partial charge in [-0.2, -0.15) is 0 Å². The molecule has 0 rings (SSSR count). The summed E-state index contributed by atoms with van der Waals surface area (Å²) in [5.74, 6) is -2.13. The number of aliphatic hydroxyl groups excluding tert-OH is 1. The number of phosphoric ester groups is 2. The maximum Gasteiger partial charge on any atom is 0.472 e. The van der Waals surface area contributed by atoms with Crippen molar-refractivity contribution in [3.05, 3.63) is 24.3 Å². The molecule has 19 heteroatoms. The number of esters is 4. The van der Waals surface area contributed by atoms with Crippen LogP contribution in [0.1, 0.15) is 400 Å².